The normalized spacial score (nSPS) is 32.7. The van der Waals surface area contributed by atoms with E-state index >= 15 is 0 Å². The maximum atomic E-state index is 11.3. The van der Waals surface area contributed by atoms with E-state index in [1.807, 2.05) is 24.3 Å². The third-order valence-corrected chi connectivity index (χ3v) is 12.3. The highest BCUT2D eigenvalue weighted by molar-refractivity contribution is 5.75. The second-order valence-electron chi connectivity index (χ2n) is 16.2. The Bertz CT molecular complexity index is 1500. The number of anilines is 1. The molecule has 3 N–H and O–H groups in total. The fraction of sp³-hybridized carbons (Fsp3) is 0.585. The van der Waals surface area contributed by atoms with Crippen molar-refractivity contribution in [3.05, 3.63) is 88.3 Å². The number of carbonyl (C=O) groups is 1. The van der Waals surface area contributed by atoms with Gasteiger partial charge in [0.15, 0.2) is 5.79 Å². The van der Waals surface area contributed by atoms with E-state index in [-0.39, 0.29) is 16.9 Å². The third kappa shape index (κ3) is 6.34. The molecule has 4 fully saturated rings. The van der Waals surface area contributed by atoms with Crippen LogP contribution in [0.25, 0.3) is 0 Å². The average Bonchev–Trinajstić information content (AvgIpc) is 3.38. The van der Waals surface area contributed by atoms with Crippen LogP contribution in [0.2, 0.25) is 0 Å². The number of ether oxygens (including phenoxy) is 2. The summed E-state index contributed by atoms with van der Waals surface area (Å²) in [6, 6.07) is 16.8. The minimum Gasteiger partial charge on any atom is -0.393 e. The zero-order valence-electron chi connectivity index (χ0n) is 28.8. The number of allylic oxidation sites excluding steroid dienone is 3. The van der Waals surface area contributed by atoms with Gasteiger partial charge in [0, 0.05) is 42.0 Å². The van der Waals surface area contributed by atoms with E-state index in [9.17, 15) is 9.90 Å². The van der Waals surface area contributed by atoms with Gasteiger partial charge in [0.25, 0.3) is 0 Å². The largest absolute Gasteiger partial charge is 0.393 e. The number of carbonyl (C=O) groups excluding carboxylic acids is 1. The van der Waals surface area contributed by atoms with Gasteiger partial charge in [-0.25, -0.2) is 0 Å². The Morgan fingerprint density at radius 1 is 0.957 bits per heavy atom. The summed E-state index contributed by atoms with van der Waals surface area (Å²) in [5.74, 6) is 2.57. The van der Waals surface area contributed by atoms with Crippen LogP contribution in [0.4, 0.5) is 5.69 Å². The molecule has 1 saturated heterocycles. The van der Waals surface area contributed by atoms with Crippen LogP contribution >= 0.6 is 0 Å². The van der Waals surface area contributed by atoms with E-state index in [2.05, 4.69) is 68.7 Å². The Morgan fingerprint density at radius 3 is 2.40 bits per heavy atom. The number of rotatable bonds is 8. The zero-order chi connectivity index (χ0) is 32.8. The molecule has 0 radical (unpaired) electrons. The lowest BCUT2D eigenvalue weighted by molar-refractivity contribution is -0.312. The first-order chi connectivity index (χ1) is 22.6. The number of benzene rings is 2. The molecule has 6 nitrogen and oxygen atoms in total. The summed E-state index contributed by atoms with van der Waals surface area (Å²) in [7, 11) is 0. The Kier molecular flexibility index (Phi) is 8.90. The van der Waals surface area contributed by atoms with Crippen molar-refractivity contribution in [3.8, 4) is 0 Å². The molecule has 6 unspecified atom stereocenters. The topological polar surface area (TPSA) is 79.8 Å². The Hall–Kier alpha value is -2.93. The molecule has 1 spiro atoms. The Balaban J connectivity index is 1.11. The minimum absolute atomic E-state index is 0.0288. The molecule has 6 heteroatoms. The van der Waals surface area contributed by atoms with E-state index in [1.54, 1.807) is 11.1 Å². The van der Waals surface area contributed by atoms with Gasteiger partial charge in [-0.05, 0) is 110 Å². The summed E-state index contributed by atoms with van der Waals surface area (Å²) in [5.41, 5.74) is 7.72. The first kappa shape index (κ1) is 32.6. The lowest BCUT2D eigenvalue weighted by Gasteiger charge is -2.55. The quantitative estimate of drug-likeness (QED) is 0.199. The van der Waals surface area contributed by atoms with Gasteiger partial charge in [0.1, 0.15) is 6.29 Å². The maximum absolute atomic E-state index is 11.3. The van der Waals surface area contributed by atoms with Gasteiger partial charge in [-0.15, -0.1) is 0 Å². The van der Waals surface area contributed by atoms with Gasteiger partial charge in [-0.1, -0.05) is 63.1 Å². The van der Waals surface area contributed by atoms with Crippen LogP contribution in [0.3, 0.4) is 0 Å². The van der Waals surface area contributed by atoms with Crippen molar-refractivity contribution in [3.63, 3.8) is 0 Å². The van der Waals surface area contributed by atoms with Crippen molar-refractivity contribution in [2.45, 2.75) is 110 Å². The number of fused-ring (bicyclic) bond motifs is 4. The van der Waals surface area contributed by atoms with Gasteiger partial charge < -0.3 is 25.2 Å². The van der Waals surface area contributed by atoms with Gasteiger partial charge in [0.2, 0.25) is 0 Å². The van der Waals surface area contributed by atoms with E-state index in [1.165, 1.54) is 24.0 Å². The molecule has 4 aliphatic carbocycles. The summed E-state index contributed by atoms with van der Waals surface area (Å²) >= 11 is 0. The fourth-order valence-corrected chi connectivity index (χ4v) is 9.74. The molecule has 3 saturated carbocycles. The molecular formula is C41H54N2O4. The van der Waals surface area contributed by atoms with Crippen LogP contribution in [0.5, 0.6) is 0 Å². The maximum Gasteiger partial charge on any atom is 0.169 e. The predicted molar refractivity (Wildman–Crippen MR) is 187 cm³/mol. The SMILES string of the molecule is CC/C=C(/NCc1ccc(C2CC3(C)C(O)CCC3C3CCC4CC5(CCC4=C23)OCC(C)(C)CO5)cc1)Nc1ccc(C=O)cc1. The lowest BCUT2D eigenvalue weighted by Crippen LogP contribution is -2.52. The highest BCUT2D eigenvalue weighted by atomic mass is 16.7. The zero-order valence-corrected chi connectivity index (χ0v) is 28.8. The van der Waals surface area contributed by atoms with Crippen molar-refractivity contribution in [2.75, 3.05) is 18.5 Å². The fourth-order valence-electron chi connectivity index (χ4n) is 9.74. The second-order valence-corrected chi connectivity index (χ2v) is 16.2. The summed E-state index contributed by atoms with van der Waals surface area (Å²) in [5, 5.41) is 18.4. The van der Waals surface area contributed by atoms with Gasteiger partial charge in [-0.2, -0.15) is 0 Å². The highest BCUT2D eigenvalue weighted by Gasteiger charge is 2.57. The van der Waals surface area contributed by atoms with Crippen LogP contribution in [0.1, 0.15) is 113 Å². The second kappa shape index (κ2) is 12.8. The monoisotopic (exact) mass is 638 g/mol. The minimum atomic E-state index is -0.410. The number of nitrogens with one attached hydrogen (secondary N) is 2. The summed E-state index contributed by atoms with van der Waals surface area (Å²) in [4.78, 5) is 11.0. The summed E-state index contributed by atoms with van der Waals surface area (Å²) in [6.07, 6.45) is 12.3. The van der Waals surface area contributed by atoms with E-state index in [0.29, 0.717) is 35.8 Å². The van der Waals surface area contributed by atoms with Gasteiger partial charge in [-0.3, -0.25) is 4.79 Å². The molecule has 0 amide bonds. The first-order valence-electron chi connectivity index (χ1n) is 18.2. The third-order valence-electron chi connectivity index (χ3n) is 12.3. The van der Waals surface area contributed by atoms with Crippen LogP contribution < -0.4 is 10.6 Å². The highest BCUT2D eigenvalue weighted by Crippen LogP contribution is 2.65. The van der Waals surface area contributed by atoms with Crippen LogP contribution in [-0.2, 0) is 16.0 Å². The number of aliphatic hydroxyl groups excluding tert-OH is 1. The standard InChI is InChI=1S/C41H54N2O4/c1-5-6-37(43-31-14-9-28(24-44)10-15-31)42-23-27-7-11-29(12-8-27)34-22-40(4)35(17-18-36(40)45)33-16-13-30-21-41(20-19-32(30)38(33)34)46-25-39(2,3)26-47-41/h6-12,14-15,24,30,33-36,42-43,45H,5,13,16-23,25-26H2,1-4H3/b37-6-. The molecule has 7 rings (SSSR count). The van der Waals surface area contributed by atoms with E-state index < -0.39 is 5.79 Å². The summed E-state index contributed by atoms with van der Waals surface area (Å²) in [6.45, 7) is 11.2. The van der Waals surface area contributed by atoms with Crippen molar-refractivity contribution in [1.29, 1.82) is 0 Å². The van der Waals surface area contributed by atoms with Crippen molar-refractivity contribution in [2.24, 2.45) is 28.6 Å². The molecule has 5 aliphatic rings. The van der Waals surface area contributed by atoms with Crippen LogP contribution in [-0.4, -0.2) is 36.5 Å². The molecule has 1 aliphatic heterocycles. The number of hydrogen-bond donors (Lipinski definition) is 3. The van der Waals surface area contributed by atoms with Crippen molar-refractivity contribution >= 4 is 12.0 Å². The van der Waals surface area contributed by atoms with Crippen LogP contribution in [0, 0.1) is 28.6 Å². The molecule has 2 aromatic carbocycles. The molecule has 0 bridgehead atoms. The number of hydrogen-bond acceptors (Lipinski definition) is 6. The van der Waals surface area contributed by atoms with E-state index in [4.69, 9.17) is 9.47 Å². The number of aliphatic hydroxyl groups is 1. The molecule has 47 heavy (non-hydrogen) atoms. The molecule has 1 heterocycles. The van der Waals surface area contributed by atoms with Crippen molar-refractivity contribution < 1.29 is 19.4 Å². The van der Waals surface area contributed by atoms with E-state index in [0.717, 1.165) is 76.0 Å². The summed E-state index contributed by atoms with van der Waals surface area (Å²) < 4.78 is 13.0. The Morgan fingerprint density at radius 2 is 1.70 bits per heavy atom. The van der Waals surface area contributed by atoms with Gasteiger partial charge >= 0.3 is 0 Å². The molecular weight excluding hydrogens is 584 g/mol. The van der Waals surface area contributed by atoms with Crippen LogP contribution in [0.15, 0.2) is 71.6 Å². The van der Waals surface area contributed by atoms with Crippen molar-refractivity contribution in [1.82, 2.24) is 5.32 Å². The molecule has 2 aromatic rings. The smallest absolute Gasteiger partial charge is 0.169 e. The molecule has 252 valence electrons. The molecule has 6 atom stereocenters. The number of aldehydes is 1. The average molecular weight is 639 g/mol. The molecule has 0 aromatic heterocycles. The first-order valence-corrected chi connectivity index (χ1v) is 18.2. The van der Waals surface area contributed by atoms with Gasteiger partial charge in [0.05, 0.1) is 25.1 Å². The Labute approximate surface area is 281 Å². The lowest BCUT2D eigenvalue weighted by atomic mass is 9.52. The predicted octanol–water partition coefficient (Wildman–Crippen LogP) is 8.49.